The van der Waals surface area contributed by atoms with Crippen LogP contribution < -0.4 is 9.64 Å². The summed E-state index contributed by atoms with van der Waals surface area (Å²) in [6.45, 7) is 0. The van der Waals surface area contributed by atoms with Crippen LogP contribution in [-0.2, 0) is 9.84 Å². The highest BCUT2D eigenvalue weighted by molar-refractivity contribution is 9.10. The van der Waals surface area contributed by atoms with E-state index in [4.69, 9.17) is 4.74 Å². The van der Waals surface area contributed by atoms with Crippen molar-refractivity contribution < 1.29 is 17.9 Å². The zero-order valence-corrected chi connectivity index (χ0v) is 15.8. The van der Waals surface area contributed by atoms with Crippen LogP contribution in [0.3, 0.4) is 0 Å². The van der Waals surface area contributed by atoms with Gasteiger partial charge < -0.3 is 9.64 Å². The summed E-state index contributed by atoms with van der Waals surface area (Å²) in [5.41, 5.74) is 1.08. The van der Waals surface area contributed by atoms with E-state index in [0.717, 1.165) is 4.47 Å². The second-order valence-corrected chi connectivity index (χ2v) is 8.46. The van der Waals surface area contributed by atoms with Gasteiger partial charge >= 0.3 is 0 Å². The van der Waals surface area contributed by atoms with Crippen LogP contribution in [0.15, 0.2) is 64.5 Å². The fourth-order valence-electron chi connectivity index (χ4n) is 2.68. The summed E-state index contributed by atoms with van der Waals surface area (Å²) in [7, 11) is -1.73. The molecule has 1 heterocycles. The number of hydrogen-bond acceptors (Lipinski definition) is 4. The second-order valence-electron chi connectivity index (χ2n) is 5.61. The van der Waals surface area contributed by atoms with Gasteiger partial charge in [-0.05, 0) is 48.5 Å². The standard InChI is InChI=1S/C18H16BrNO4S/c1-24-17-7-5-15(6-8-17)20(16-9-10-25(22,23)12-16)18(21)13-3-2-4-14(19)11-13/h2-11,16H,12H2,1H3/t16-/m0/s1. The van der Waals surface area contributed by atoms with E-state index in [2.05, 4.69) is 15.9 Å². The smallest absolute Gasteiger partial charge is 0.258 e. The Bertz CT molecular complexity index is 922. The van der Waals surface area contributed by atoms with Crippen LogP contribution >= 0.6 is 15.9 Å². The number of ether oxygens (including phenoxy) is 1. The maximum absolute atomic E-state index is 13.1. The van der Waals surface area contributed by atoms with Gasteiger partial charge in [0.05, 0.1) is 18.9 Å². The SMILES string of the molecule is COc1ccc(N(C(=O)c2cccc(Br)c2)[C@H]2C=CS(=O)(=O)C2)cc1. The molecular weight excluding hydrogens is 406 g/mol. The molecule has 5 nitrogen and oxygen atoms in total. The van der Waals surface area contributed by atoms with Gasteiger partial charge in [-0.3, -0.25) is 4.79 Å². The van der Waals surface area contributed by atoms with Crippen molar-refractivity contribution in [2.45, 2.75) is 6.04 Å². The summed E-state index contributed by atoms with van der Waals surface area (Å²) in [4.78, 5) is 14.6. The molecule has 0 unspecified atom stereocenters. The zero-order chi connectivity index (χ0) is 18.0. The normalized spacial score (nSPS) is 18.1. The number of rotatable bonds is 4. The summed E-state index contributed by atoms with van der Waals surface area (Å²) < 4.78 is 29.6. The number of anilines is 1. The number of methoxy groups -OCH3 is 1. The van der Waals surface area contributed by atoms with Gasteiger partial charge in [0.2, 0.25) is 0 Å². The van der Waals surface area contributed by atoms with Crippen LogP contribution in [0.4, 0.5) is 5.69 Å². The molecule has 0 bridgehead atoms. The molecule has 130 valence electrons. The third-order valence-electron chi connectivity index (χ3n) is 3.88. The van der Waals surface area contributed by atoms with Gasteiger partial charge in [0.1, 0.15) is 5.75 Å². The molecule has 3 rings (SSSR count). The highest BCUT2D eigenvalue weighted by Gasteiger charge is 2.32. The zero-order valence-electron chi connectivity index (χ0n) is 13.4. The van der Waals surface area contributed by atoms with E-state index >= 15 is 0 Å². The largest absolute Gasteiger partial charge is 0.497 e. The Hall–Kier alpha value is -2.12. The summed E-state index contributed by atoms with van der Waals surface area (Å²) in [6.07, 6.45) is 1.55. The lowest BCUT2D eigenvalue weighted by Gasteiger charge is -2.28. The Labute approximate surface area is 155 Å². The fraction of sp³-hybridized carbons (Fsp3) is 0.167. The molecule has 1 aliphatic heterocycles. The highest BCUT2D eigenvalue weighted by atomic mass is 79.9. The van der Waals surface area contributed by atoms with Crippen molar-refractivity contribution in [2.75, 3.05) is 17.8 Å². The summed E-state index contributed by atoms with van der Waals surface area (Å²) in [6, 6.07) is 13.4. The van der Waals surface area contributed by atoms with Crippen molar-refractivity contribution in [3.8, 4) is 5.75 Å². The summed E-state index contributed by atoms with van der Waals surface area (Å²) in [5, 5.41) is 1.17. The minimum absolute atomic E-state index is 0.126. The molecule has 0 N–H and O–H groups in total. The van der Waals surface area contributed by atoms with Crippen molar-refractivity contribution in [2.24, 2.45) is 0 Å². The number of halogens is 1. The molecule has 0 aromatic heterocycles. The third-order valence-corrected chi connectivity index (χ3v) is 5.75. The molecule has 1 atom stereocenters. The van der Waals surface area contributed by atoms with E-state index < -0.39 is 15.9 Å². The topological polar surface area (TPSA) is 63.7 Å². The monoisotopic (exact) mass is 421 g/mol. The van der Waals surface area contributed by atoms with Gasteiger partial charge in [-0.15, -0.1) is 0 Å². The Morgan fingerprint density at radius 2 is 1.92 bits per heavy atom. The third kappa shape index (κ3) is 3.93. The maximum Gasteiger partial charge on any atom is 0.258 e. The minimum atomic E-state index is -3.29. The molecule has 0 fully saturated rings. The average Bonchev–Trinajstić information content (AvgIpc) is 2.95. The Balaban J connectivity index is 2.02. The average molecular weight is 422 g/mol. The highest BCUT2D eigenvalue weighted by Crippen LogP contribution is 2.27. The molecule has 0 aliphatic carbocycles. The van der Waals surface area contributed by atoms with Crippen molar-refractivity contribution in [3.63, 3.8) is 0 Å². The fourth-order valence-corrected chi connectivity index (χ4v) is 4.35. The Morgan fingerprint density at radius 3 is 2.48 bits per heavy atom. The van der Waals surface area contributed by atoms with E-state index in [1.807, 2.05) is 6.07 Å². The van der Waals surface area contributed by atoms with Gasteiger partial charge in [0.25, 0.3) is 5.91 Å². The molecule has 2 aromatic carbocycles. The number of sulfone groups is 1. The second kappa shape index (κ2) is 7.01. The number of carbonyl (C=O) groups excluding carboxylic acids is 1. The summed E-state index contributed by atoms with van der Waals surface area (Å²) in [5.74, 6) is 0.269. The number of carbonyl (C=O) groups is 1. The molecule has 1 aliphatic rings. The van der Waals surface area contributed by atoms with Gasteiger partial charge in [0.15, 0.2) is 9.84 Å². The minimum Gasteiger partial charge on any atom is -0.497 e. The van der Waals surface area contributed by atoms with E-state index in [-0.39, 0.29) is 11.7 Å². The Kier molecular flexibility index (Phi) is 4.96. The number of benzene rings is 2. The first-order valence-corrected chi connectivity index (χ1v) is 10.0. The van der Waals surface area contributed by atoms with Crippen LogP contribution in [0.1, 0.15) is 10.4 Å². The quantitative estimate of drug-likeness (QED) is 0.758. The lowest BCUT2D eigenvalue weighted by atomic mass is 10.1. The molecule has 0 saturated heterocycles. The number of amides is 1. The van der Waals surface area contributed by atoms with Crippen molar-refractivity contribution in [3.05, 3.63) is 70.1 Å². The molecule has 0 saturated carbocycles. The van der Waals surface area contributed by atoms with E-state index in [0.29, 0.717) is 17.0 Å². The first-order chi connectivity index (χ1) is 11.9. The maximum atomic E-state index is 13.1. The molecule has 2 aromatic rings. The number of nitrogens with zero attached hydrogens (tertiary/aromatic N) is 1. The van der Waals surface area contributed by atoms with Crippen molar-refractivity contribution in [1.29, 1.82) is 0 Å². The molecule has 0 radical (unpaired) electrons. The first-order valence-electron chi connectivity index (χ1n) is 7.54. The molecule has 0 spiro atoms. The van der Waals surface area contributed by atoms with E-state index in [9.17, 15) is 13.2 Å². The van der Waals surface area contributed by atoms with Gasteiger partial charge in [-0.25, -0.2) is 8.42 Å². The lowest BCUT2D eigenvalue weighted by molar-refractivity contribution is 0.0983. The van der Waals surface area contributed by atoms with E-state index in [1.54, 1.807) is 55.7 Å². The molecule has 7 heteroatoms. The Morgan fingerprint density at radius 1 is 1.20 bits per heavy atom. The van der Waals surface area contributed by atoms with Gasteiger partial charge in [-0.1, -0.05) is 22.0 Å². The van der Waals surface area contributed by atoms with Crippen LogP contribution in [0.25, 0.3) is 0 Å². The van der Waals surface area contributed by atoms with Crippen LogP contribution in [0, 0.1) is 0 Å². The predicted molar refractivity (Wildman–Crippen MR) is 101 cm³/mol. The predicted octanol–water partition coefficient (Wildman–Crippen LogP) is 3.42. The van der Waals surface area contributed by atoms with Gasteiger partial charge in [0, 0.05) is 21.1 Å². The van der Waals surface area contributed by atoms with Crippen LogP contribution in [-0.4, -0.2) is 33.2 Å². The first kappa shape index (κ1) is 17.7. The summed E-state index contributed by atoms with van der Waals surface area (Å²) >= 11 is 3.36. The lowest BCUT2D eigenvalue weighted by Crippen LogP contribution is -2.41. The molecule has 1 amide bonds. The molecule has 25 heavy (non-hydrogen) atoms. The van der Waals surface area contributed by atoms with E-state index in [1.165, 1.54) is 10.3 Å². The van der Waals surface area contributed by atoms with Crippen molar-refractivity contribution in [1.82, 2.24) is 0 Å². The van der Waals surface area contributed by atoms with Crippen LogP contribution in [0.5, 0.6) is 5.75 Å². The number of hydrogen-bond donors (Lipinski definition) is 0. The van der Waals surface area contributed by atoms with Crippen LogP contribution in [0.2, 0.25) is 0 Å². The van der Waals surface area contributed by atoms with Gasteiger partial charge in [-0.2, -0.15) is 0 Å². The van der Waals surface area contributed by atoms with Crippen molar-refractivity contribution >= 4 is 37.4 Å². The molecular formula is C18H16BrNO4S.